The molecule has 140 valence electrons. The zero-order valence-electron chi connectivity index (χ0n) is 14.8. The second-order valence-corrected chi connectivity index (χ2v) is 7.85. The van der Waals surface area contributed by atoms with Crippen LogP contribution in [0, 0.1) is 6.92 Å². The minimum absolute atomic E-state index is 0.0998. The maximum absolute atomic E-state index is 12.3. The van der Waals surface area contributed by atoms with Crippen molar-refractivity contribution < 1.29 is 13.4 Å². The third-order valence-electron chi connectivity index (χ3n) is 3.94. The van der Waals surface area contributed by atoms with E-state index in [1.54, 1.807) is 13.0 Å². The van der Waals surface area contributed by atoms with Gasteiger partial charge in [0.1, 0.15) is 11.5 Å². The molecule has 3 rings (SSSR count). The molecule has 0 saturated carbocycles. The first kappa shape index (κ1) is 19.3. The summed E-state index contributed by atoms with van der Waals surface area (Å²) in [5, 5.41) is 3.33. The summed E-state index contributed by atoms with van der Waals surface area (Å²) in [6.07, 6.45) is 0. The first-order valence-electron chi connectivity index (χ1n) is 8.39. The molecule has 0 spiro atoms. The molecule has 1 heterocycles. The summed E-state index contributed by atoms with van der Waals surface area (Å²) in [5.74, 6) is 0.874. The van der Waals surface area contributed by atoms with E-state index >= 15 is 0 Å². The Balaban J connectivity index is 1.55. The van der Waals surface area contributed by atoms with Gasteiger partial charge in [0.25, 0.3) is 0 Å². The van der Waals surface area contributed by atoms with E-state index < -0.39 is 10.8 Å². The van der Waals surface area contributed by atoms with Gasteiger partial charge in [0.15, 0.2) is 0 Å². The number of rotatable bonds is 7. The van der Waals surface area contributed by atoms with Gasteiger partial charge in [0.05, 0.1) is 11.4 Å². The summed E-state index contributed by atoms with van der Waals surface area (Å²) in [5.41, 5.74) is 2.28. The SMILES string of the molecule is Cc1oc(-c2ccccc2)nc1C[S@@](=O)CC(=O)NCc1ccccc1Cl. The molecule has 7 heteroatoms. The topological polar surface area (TPSA) is 72.2 Å². The highest BCUT2D eigenvalue weighted by Crippen LogP contribution is 2.22. The van der Waals surface area contributed by atoms with E-state index in [-0.39, 0.29) is 17.4 Å². The summed E-state index contributed by atoms with van der Waals surface area (Å²) >= 11 is 6.06. The van der Waals surface area contributed by atoms with E-state index in [0.29, 0.717) is 28.9 Å². The number of halogens is 1. The smallest absolute Gasteiger partial charge is 0.232 e. The molecular formula is C20H19ClN2O3S. The Morgan fingerprint density at radius 1 is 1.15 bits per heavy atom. The molecule has 1 N–H and O–H groups in total. The number of hydrogen-bond donors (Lipinski definition) is 1. The van der Waals surface area contributed by atoms with E-state index in [9.17, 15) is 9.00 Å². The van der Waals surface area contributed by atoms with Crippen LogP contribution in [0.3, 0.4) is 0 Å². The number of carbonyl (C=O) groups is 1. The second-order valence-electron chi connectivity index (χ2n) is 5.98. The summed E-state index contributed by atoms with van der Waals surface area (Å²) in [6, 6.07) is 16.8. The zero-order valence-corrected chi connectivity index (χ0v) is 16.3. The first-order valence-corrected chi connectivity index (χ1v) is 10.3. The second kappa shape index (κ2) is 8.97. The highest BCUT2D eigenvalue weighted by Gasteiger charge is 2.16. The zero-order chi connectivity index (χ0) is 19.2. The molecule has 2 aromatic carbocycles. The van der Waals surface area contributed by atoms with Gasteiger partial charge in [-0.25, -0.2) is 4.98 Å². The van der Waals surface area contributed by atoms with Crippen LogP contribution in [0.1, 0.15) is 17.0 Å². The molecule has 1 amide bonds. The minimum atomic E-state index is -1.39. The number of carbonyl (C=O) groups excluding carboxylic acids is 1. The van der Waals surface area contributed by atoms with Crippen LogP contribution in [0.2, 0.25) is 5.02 Å². The van der Waals surface area contributed by atoms with Crippen molar-refractivity contribution in [1.82, 2.24) is 10.3 Å². The number of hydrogen-bond acceptors (Lipinski definition) is 4. The molecule has 0 bridgehead atoms. The van der Waals surface area contributed by atoms with Crippen molar-refractivity contribution in [2.45, 2.75) is 19.2 Å². The fourth-order valence-corrected chi connectivity index (χ4v) is 3.77. The highest BCUT2D eigenvalue weighted by molar-refractivity contribution is 7.84. The Morgan fingerprint density at radius 3 is 2.59 bits per heavy atom. The number of nitrogens with one attached hydrogen (secondary N) is 1. The number of aryl methyl sites for hydroxylation is 1. The lowest BCUT2D eigenvalue weighted by Crippen LogP contribution is -2.28. The van der Waals surface area contributed by atoms with Crippen LogP contribution in [0.25, 0.3) is 11.5 Å². The van der Waals surface area contributed by atoms with Crippen molar-refractivity contribution in [3.05, 3.63) is 76.6 Å². The largest absolute Gasteiger partial charge is 0.441 e. The number of benzene rings is 2. The molecule has 0 aliphatic carbocycles. The number of nitrogens with zero attached hydrogens (tertiary/aromatic N) is 1. The van der Waals surface area contributed by atoms with E-state index in [4.69, 9.17) is 16.0 Å². The number of oxazole rings is 1. The van der Waals surface area contributed by atoms with Gasteiger partial charge in [0.2, 0.25) is 11.8 Å². The Labute approximate surface area is 165 Å². The monoisotopic (exact) mass is 402 g/mol. The Hall–Kier alpha value is -2.44. The third-order valence-corrected chi connectivity index (χ3v) is 5.49. The minimum Gasteiger partial charge on any atom is -0.441 e. The molecule has 3 aromatic rings. The summed E-state index contributed by atoms with van der Waals surface area (Å²) in [7, 11) is -1.39. The Bertz CT molecular complexity index is 957. The highest BCUT2D eigenvalue weighted by atomic mass is 35.5. The third kappa shape index (κ3) is 5.28. The Kier molecular flexibility index (Phi) is 6.42. The van der Waals surface area contributed by atoms with Crippen molar-refractivity contribution in [3.63, 3.8) is 0 Å². The molecule has 5 nitrogen and oxygen atoms in total. The van der Waals surface area contributed by atoms with Crippen LogP contribution >= 0.6 is 11.6 Å². The summed E-state index contributed by atoms with van der Waals surface area (Å²) in [4.78, 5) is 16.5. The van der Waals surface area contributed by atoms with Crippen molar-refractivity contribution in [1.29, 1.82) is 0 Å². The maximum Gasteiger partial charge on any atom is 0.232 e. The van der Waals surface area contributed by atoms with Gasteiger partial charge in [0, 0.05) is 27.9 Å². The van der Waals surface area contributed by atoms with Gasteiger partial charge >= 0.3 is 0 Å². The van der Waals surface area contributed by atoms with Crippen LogP contribution in [-0.4, -0.2) is 20.9 Å². The molecule has 0 fully saturated rings. The average Bonchev–Trinajstić information content (AvgIpc) is 3.02. The molecular weight excluding hydrogens is 384 g/mol. The van der Waals surface area contributed by atoms with Crippen LogP contribution < -0.4 is 5.32 Å². The maximum atomic E-state index is 12.3. The fraction of sp³-hybridized carbons (Fsp3) is 0.200. The predicted molar refractivity (Wildman–Crippen MR) is 107 cm³/mol. The van der Waals surface area contributed by atoms with Gasteiger partial charge in [-0.3, -0.25) is 9.00 Å². The average molecular weight is 403 g/mol. The van der Waals surface area contributed by atoms with Crippen molar-refractivity contribution in [2.75, 3.05) is 5.75 Å². The predicted octanol–water partition coefficient (Wildman–Crippen LogP) is 3.87. The molecule has 0 aliphatic rings. The molecule has 27 heavy (non-hydrogen) atoms. The summed E-state index contributed by atoms with van der Waals surface area (Å²) in [6.45, 7) is 2.08. The lowest BCUT2D eigenvalue weighted by molar-refractivity contribution is -0.118. The summed E-state index contributed by atoms with van der Waals surface area (Å²) < 4.78 is 18.0. The quantitative estimate of drug-likeness (QED) is 0.651. The molecule has 1 aromatic heterocycles. The van der Waals surface area contributed by atoms with Crippen molar-refractivity contribution >= 4 is 28.3 Å². The standard InChI is InChI=1S/C20H19ClN2O3S/c1-14-18(23-20(26-14)15-7-3-2-4-8-15)12-27(25)13-19(24)22-11-16-9-5-6-10-17(16)21/h2-10H,11-13H2,1H3,(H,22,24)/t27-/m1/s1. The van der Waals surface area contributed by atoms with Crippen molar-refractivity contribution in [3.8, 4) is 11.5 Å². The normalized spacial score (nSPS) is 11.9. The van der Waals surface area contributed by atoms with Crippen LogP contribution in [0.15, 0.2) is 59.0 Å². The molecule has 0 radical (unpaired) electrons. The van der Waals surface area contributed by atoms with E-state index in [0.717, 1.165) is 11.1 Å². The number of amides is 1. The molecule has 0 saturated heterocycles. The molecule has 0 aliphatic heterocycles. The molecule has 0 unspecified atom stereocenters. The van der Waals surface area contributed by atoms with E-state index in [1.807, 2.05) is 48.5 Å². The first-order chi connectivity index (χ1) is 13.0. The molecule has 1 atom stereocenters. The van der Waals surface area contributed by atoms with E-state index in [1.165, 1.54) is 0 Å². The lowest BCUT2D eigenvalue weighted by atomic mass is 10.2. The van der Waals surface area contributed by atoms with Gasteiger partial charge in [-0.15, -0.1) is 0 Å². The van der Waals surface area contributed by atoms with Gasteiger partial charge in [-0.1, -0.05) is 48.0 Å². The van der Waals surface area contributed by atoms with Gasteiger partial charge < -0.3 is 9.73 Å². The van der Waals surface area contributed by atoms with E-state index in [2.05, 4.69) is 10.3 Å². The van der Waals surface area contributed by atoms with Gasteiger partial charge in [-0.05, 0) is 30.7 Å². The van der Waals surface area contributed by atoms with Crippen LogP contribution in [-0.2, 0) is 27.9 Å². The fourth-order valence-electron chi connectivity index (χ4n) is 2.50. The Morgan fingerprint density at radius 2 is 1.85 bits per heavy atom. The number of aromatic nitrogens is 1. The van der Waals surface area contributed by atoms with Crippen LogP contribution in [0.5, 0.6) is 0 Å². The van der Waals surface area contributed by atoms with Gasteiger partial charge in [-0.2, -0.15) is 0 Å². The van der Waals surface area contributed by atoms with Crippen LogP contribution in [0.4, 0.5) is 0 Å². The lowest BCUT2D eigenvalue weighted by Gasteiger charge is -2.06. The van der Waals surface area contributed by atoms with Crippen molar-refractivity contribution in [2.24, 2.45) is 0 Å².